The molecule has 1 heteroatoms. The molecule has 78 valence electrons. The summed E-state index contributed by atoms with van der Waals surface area (Å²) in [6, 6.07) is 6.61. The van der Waals surface area contributed by atoms with Crippen molar-refractivity contribution in [3.8, 4) is 0 Å². The van der Waals surface area contributed by atoms with Gasteiger partial charge in [-0.15, -0.1) is 0 Å². The van der Waals surface area contributed by atoms with Crippen molar-refractivity contribution < 1.29 is 0 Å². The number of aryl methyl sites for hydroxylation is 2. The predicted octanol–water partition coefficient (Wildman–Crippen LogP) is 3.49. The third-order valence-electron chi connectivity index (χ3n) is 2.78. The first-order chi connectivity index (χ1) is 6.66. The summed E-state index contributed by atoms with van der Waals surface area (Å²) in [5.41, 5.74) is 10.2. The Morgan fingerprint density at radius 2 is 1.79 bits per heavy atom. The molecule has 1 nitrogen and oxygen atoms in total. The Labute approximate surface area is 87.3 Å². The van der Waals surface area contributed by atoms with E-state index in [9.17, 15) is 0 Å². The fourth-order valence-electron chi connectivity index (χ4n) is 1.98. The molecule has 1 aromatic rings. The lowest BCUT2D eigenvalue weighted by atomic mass is 9.93. The number of rotatable bonds is 4. The standard InChI is InChI=1S/C13H21N/c1-4-5-9-12(14)13-10(2)7-6-8-11(13)3/h6-8,12H,4-5,9,14H2,1-3H3. The van der Waals surface area contributed by atoms with Gasteiger partial charge in [-0.2, -0.15) is 0 Å². The van der Waals surface area contributed by atoms with Gasteiger partial charge in [0.05, 0.1) is 0 Å². The van der Waals surface area contributed by atoms with Gasteiger partial charge in [-0.1, -0.05) is 38.0 Å². The van der Waals surface area contributed by atoms with Crippen molar-refractivity contribution in [2.24, 2.45) is 5.73 Å². The summed E-state index contributed by atoms with van der Waals surface area (Å²) >= 11 is 0. The average molecular weight is 191 g/mol. The molecule has 2 N–H and O–H groups in total. The second-order valence-corrected chi connectivity index (χ2v) is 4.05. The molecule has 1 atom stereocenters. The number of unbranched alkanes of at least 4 members (excludes halogenated alkanes) is 1. The Balaban J connectivity index is 2.82. The van der Waals surface area contributed by atoms with Crippen molar-refractivity contribution in [2.75, 3.05) is 0 Å². The van der Waals surface area contributed by atoms with Gasteiger partial charge in [-0.25, -0.2) is 0 Å². The highest BCUT2D eigenvalue weighted by Gasteiger charge is 2.10. The molecule has 1 rings (SSSR count). The molecule has 1 aromatic carbocycles. The van der Waals surface area contributed by atoms with Crippen LogP contribution in [0.3, 0.4) is 0 Å². The summed E-state index contributed by atoms with van der Waals surface area (Å²) in [6.45, 7) is 6.50. The van der Waals surface area contributed by atoms with Crippen LogP contribution in [0.1, 0.15) is 48.9 Å². The Hall–Kier alpha value is -0.820. The van der Waals surface area contributed by atoms with Crippen LogP contribution in [0, 0.1) is 13.8 Å². The lowest BCUT2D eigenvalue weighted by Gasteiger charge is -2.17. The summed E-state index contributed by atoms with van der Waals surface area (Å²) in [4.78, 5) is 0. The molecule has 0 saturated heterocycles. The minimum Gasteiger partial charge on any atom is -0.324 e. The normalized spacial score (nSPS) is 12.9. The zero-order valence-corrected chi connectivity index (χ0v) is 9.51. The van der Waals surface area contributed by atoms with E-state index in [2.05, 4.69) is 39.0 Å². The summed E-state index contributed by atoms with van der Waals surface area (Å²) in [7, 11) is 0. The highest BCUT2D eigenvalue weighted by atomic mass is 14.6. The largest absolute Gasteiger partial charge is 0.324 e. The minimum atomic E-state index is 0.219. The van der Waals surface area contributed by atoms with Crippen LogP contribution in [-0.2, 0) is 0 Å². The molecule has 0 radical (unpaired) electrons. The SMILES string of the molecule is CCCCC(N)c1c(C)cccc1C. The van der Waals surface area contributed by atoms with Crippen LogP contribution in [-0.4, -0.2) is 0 Å². The van der Waals surface area contributed by atoms with Crippen molar-refractivity contribution in [1.29, 1.82) is 0 Å². The van der Waals surface area contributed by atoms with Crippen molar-refractivity contribution in [3.63, 3.8) is 0 Å². The quantitative estimate of drug-likeness (QED) is 0.774. The van der Waals surface area contributed by atoms with E-state index in [4.69, 9.17) is 5.73 Å². The molecule has 0 aromatic heterocycles. The molecule has 0 saturated carbocycles. The van der Waals surface area contributed by atoms with Crippen LogP contribution < -0.4 is 5.73 Å². The van der Waals surface area contributed by atoms with Gasteiger partial charge in [0, 0.05) is 6.04 Å². The molecule has 0 spiro atoms. The molecule has 14 heavy (non-hydrogen) atoms. The first-order valence-electron chi connectivity index (χ1n) is 5.48. The number of benzene rings is 1. The molecule has 0 aliphatic rings. The highest BCUT2D eigenvalue weighted by molar-refractivity contribution is 5.35. The summed E-state index contributed by atoms with van der Waals surface area (Å²) in [5, 5.41) is 0. The Morgan fingerprint density at radius 3 is 2.29 bits per heavy atom. The molecule has 0 aliphatic heterocycles. The van der Waals surface area contributed by atoms with E-state index in [1.54, 1.807) is 0 Å². The zero-order chi connectivity index (χ0) is 10.6. The lowest BCUT2D eigenvalue weighted by Crippen LogP contribution is -2.13. The topological polar surface area (TPSA) is 26.0 Å². The van der Waals surface area contributed by atoms with E-state index >= 15 is 0 Å². The Kier molecular flexibility index (Phi) is 4.15. The van der Waals surface area contributed by atoms with E-state index in [1.165, 1.54) is 29.5 Å². The Morgan fingerprint density at radius 1 is 1.21 bits per heavy atom. The monoisotopic (exact) mass is 191 g/mol. The molecule has 0 bridgehead atoms. The van der Waals surface area contributed by atoms with Crippen molar-refractivity contribution in [1.82, 2.24) is 0 Å². The first kappa shape index (κ1) is 11.3. The third kappa shape index (κ3) is 2.58. The predicted molar refractivity (Wildman–Crippen MR) is 62.4 cm³/mol. The van der Waals surface area contributed by atoms with Gasteiger partial charge < -0.3 is 5.73 Å². The first-order valence-corrected chi connectivity index (χ1v) is 5.48. The van der Waals surface area contributed by atoms with E-state index in [-0.39, 0.29) is 6.04 Å². The van der Waals surface area contributed by atoms with E-state index in [0.29, 0.717) is 0 Å². The maximum atomic E-state index is 6.18. The van der Waals surface area contributed by atoms with Crippen LogP contribution in [0.5, 0.6) is 0 Å². The van der Waals surface area contributed by atoms with Crippen LogP contribution in [0.25, 0.3) is 0 Å². The molecule has 0 amide bonds. The molecule has 0 fully saturated rings. The van der Waals surface area contributed by atoms with Gasteiger partial charge in [0.1, 0.15) is 0 Å². The summed E-state index contributed by atoms with van der Waals surface area (Å²) in [6.07, 6.45) is 3.54. The number of hydrogen-bond donors (Lipinski definition) is 1. The third-order valence-corrected chi connectivity index (χ3v) is 2.78. The zero-order valence-electron chi connectivity index (χ0n) is 9.51. The van der Waals surface area contributed by atoms with Crippen LogP contribution >= 0.6 is 0 Å². The Bertz CT molecular complexity index is 271. The second kappa shape index (κ2) is 5.16. The molecular formula is C13H21N. The minimum absolute atomic E-state index is 0.219. The summed E-state index contributed by atoms with van der Waals surface area (Å²) < 4.78 is 0. The van der Waals surface area contributed by atoms with E-state index in [1.807, 2.05) is 0 Å². The highest BCUT2D eigenvalue weighted by Crippen LogP contribution is 2.23. The van der Waals surface area contributed by atoms with Crippen molar-refractivity contribution in [3.05, 3.63) is 34.9 Å². The number of hydrogen-bond acceptors (Lipinski definition) is 1. The van der Waals surface area contributed by atoms with Gasteiger partial charge in [-0.05, 0) is 37.0 Å². The van der Waals surface area contributed by atoms with Gasteiger partial charge in [-0.3, -0.25) is 0 Å². The van der Waals surface area contributed by atoms with E-state index < -0.39 is 0 Å². The number of nitrogens with two attached hydrogens (primary N) is 1. The van der Waals surface area contributed by atoms with Crippen LogP contribution in [0.2, 0.25) is 0 Å². The molecule has 0 heterocycles. The smallest absolute Gasteiger partial charge is 0.0300 e. The van der Waals surface area contributed by atoms with Crippen molar-refractivity contribution in [2.45, 2.75) is 46.1 Å². The van der Waals surface area contributed by atoms with Crippen molar-refractivity contribution >= 4 is 0 Å². The van der Waals surface area contributed by atoms with Crippen LogP contribution in [0.15, 0.2) is 18.2 Å². The van der Waals surface area contributed by atoms with Gasteiger partial charge in [0.15, 0.2) is 0 Å². The molecule has 1 unspecified atom stereocenters. The van der Waals surface area contributed by atoms with Gasteiger partial charge in [0.2, 0.25) is 0 Å². The second-order valence-electron chi connectivity index (χ2n) is 4.05. The van der Waals surface area contributed by atoms with E-state index in [0.717, 1.165) is 6.42 Å². The molecular weight excluding hydrogens is 170 g/mol. The average Bonchev–Trinajstić information content (AvgIpc) is 2.14. The fraction of sp³-hybridized carbons (Fsp3) is 0.538. The maximum Gasteiger partial charge on any atom is 0.0300 e. The maximum absolute atomic E-state index is 6.18. The fourth-order valence-corrected chi connectivity index (χ4v) is 1.98. The van der Waals surface area contributed by atoms with Gasteiger partial charge in [0.25, 0.3) is 0 Å². The lowest BCUT2D eigenvalue weighted by molar-refractivity contribution is 0.598. The molecule has 0 aliphatic carbocycles. The van der Waals surface area contributed by atoms with Crippen LogP contribution in [0.4, 0.5) is 0 Å². The van der Waals surface area contributed by atoms with Gasteiger partial charge >= 0.3 is 0 Å². The summed E-state index contributed by atoms with van der Waals surface area (Å²) in [5.74, 6) is 0.